The zero-order chi connectivity index (χ0) is 17.5. The van der Waals surface area contributed by atoms with Gasteiger partial charge in [0.25, 0.3) is 0 Å². The van der Waals surface area contributed by atoms with E-state index in [1.54, 1.807) is 12.1 Å². The Morgan fingerprint density at radius 3 is 2.08 bits per heavy atom. The predicted octanol–water partition coefficient (Wildman–Crippen LogP) is 2.11. The van der Waals surface area contributed by atoms with E-state index in [0.29, 0.717) is 16.9 Å². The second-order valence-corrected chi connectivity index (χ2v) is 5.77. The fraction of sp³-hybridized carbons (Fsp3) is 0.368. The van der Waals surface area contributed by atoms with Gasteiger partial charge >= 0.3 is 0 Å². The van der Waals surface area contributed by atoms with Crippen molar-refractivity contribution >= 4 is 0 Å². The SMILES string of the molecule is Cc1cc(CO)c(OCC(O)COc2ccccc2C)c(CO)c1. The molecule has 2 aromatic rings. The average Bonchev–Trinajstić information content (AvgIpc) is 2.59. The normalized spacial score (nSPS) is 12.0. The first kappa shape index (κ1) is 18.3. The minimum Gasteiger partial charge on any atom is -0.490 e. The van der Waals surface area contributed by atoms with E-state index in [0.717, 1.165) is 16.9 Å². The molecule has 5 heteroatoms. The third kappa shape index (κ3) is 4.71. The molecule has 0 saturated carbocycles. The Kier molecular flexibility index (Phi) is 6.61. The molecule has 2 rings (SSSR count). The van der Waals surface area contributed by atoms with Gasteiger partial charge in [0.2, 0.25) is 0 Å². The smallest absolute Gasteiger partial charge is 0.130 e. The lowest BCUT2D eigenvalue weighted by Gasteiger charge is -2.18. The molecular weight excluding hydrogens is 308 g/mol. The molecule has 130 valence electrons. The maximum Gasteiger partial charge on any atom is 0.130 e. The van der Waals surface area contributed by atoms with Crippen molar-refractivity contribution < 1.29 is 24.8 Å². The number of rotatable bonds is 8. The summed E-state index contributed by atoms with van der Waals surface area (Å²) in [6, 6.07) is 11.2. The van der Waals surface area contributed by atoms with Gasteiger partial charge in [-0.1, -0.05) is 35.9 Å². The van der Waals surface area contributed by atoms with Gasteiger partial charge in [0.15, 0.2) is 0 Å². The Bertz CT molecular complexity index is 644. The molecule has 0 saturated heterocycles. The lowest BCUT2D eigenvalue weighted by atomic mass is 10.1. The zero-order valence-corrected chi connectivity index (χ0v) is 14.0. The minimum absolute atomic E-state index is 0.00887. The van der Waals surface area contributed by atoms with Crippen molar-refractivity contribution in [1.82, 2.24) is 0 Å². The van der Waals surface area contributed by atoms with E-state index in [1.165, 1.54) is 0 Å². The lowest BCUT2D eigenvalue weighted by Crippen LogP contribution is -2.25. The summed E-state index contributed by atoms with van der Waals surface area (Å²) in [5, 5.41) is 29.0. The fourth-order valence-corrected chi connectivity index (χ4v) is 2.48. The molecule has 0 aliphatic heterocycles. The number of hydrogen-bond donors (Lipinski definition) is 3. The maximum absolute atomic E-state index is 10.1. The summed E-state index contributed by atoms with van der Waals surface area (Å²) in [7, 11) is 0. The summed E-state index contributed by atoms with van der Waals surface area (Å²) in [5.74, 6) is 1.14. The molecule has 3 N–H and O–H groups in total. The summed E-state index contributed by atoms with van der Waals surface area (Å²) < 4.78 is 11.2. The number of hydrogen-bond acceptors (Lipinski definition) is 5. The van der Waals surface area contributed by atoms with Gasteiger partial charge in [-0.2, -0.15) is 0 Å². The Morgan fingerprint density at radius 2 is 1.50 bits per heavy atom. The standard InChI is InChI=1S/C19H24O5/c1-13-7-15(9-20)19(16(8-13)10-21)24-12-17(22)11-23-18-6-4-3-5-14(18)2/h3-8,17,20-22H,9-12H2,1-2H3. The number of aryl methyl sites for hydroxylation is 2. The number of benzene rings is 2. The third-order valence-corrected chi connectivity index (χ3v) is 3.67. The van der Waals surface area contributed by atoms with Crippen molar-refractivity contribution in [1.29, 1.82) is 0 Å². The molecule has 0 bridgehead atoms. The van der Waals surface area contributed by atoms with Gasteiger partial charge in [0, 0.05) is 11.1 Å². The Labute approximate surface area is 142 Å². The van der Waals surface area contributed by atoms with E-state index >= 15 is 0 Å². The highest BCUT2D eigenvalue weighted by molar-refractivity contribution is 5.44. The first-order chi connectivity index (χ1) is 11.5. The highest BCUT2D eigenvalue weighted by Crippen LogP contribution is 2.26. The molecule has 0 aliphatic rings. The molecule has 24 heavy (non-hydrogen) atoms. The van der Waals surface area contributed by atoms with Crippen LogP contribution >= 0.6 is 0 Å². The second-order valence-electron chi connectivity index (χ2n) is 5.77. The molecule has 0 aromatic heterocycles. The summed E-state index contributed by atoms with van der Waals surface area (Å²) in [4.78, 5) is 0. The van der Waals surface area contributed by atoms with Crippen molar-refractivity contribution in [2.24, 2.45) is 0 Å². The van der Waals surface area contributed by atoms with Gasteiger partial charge in [-0.25, -0.2) is 0 Å². The highest BCUT2D eigenvalue weighted by Gasteiger charge is 2.14. The number of aliphatic hydroxyl groups is 3. The Balaban J connectivity index is 1.96. The number of aliphatic hydroxyl groups excluding tert-OH is 3. The van der Waals surface area contributed by atoms with Crippen molar-refractivity contribution in [3.8, 4) is 11.5 Å². The van der Waals surface area contributed by atoms with Crippen LogP contribution in [0.2, 0.25) is 0 Å². The molecule has 0 heterocycles. The molecule has 1 atom stereocenters. The van der Waals surface area contributed by atoms with Crippen LogP contribution in [0.25, 0.3) is 0 Å². The molecule has 0 fully saturated rings. The maximum atomic E-state index is 10.1. The predicted molar refractivity (Wildman–Crippen MR) is 91.2 cm³/mol. The van der Waals surface area contributed by atoms with E-state index < -0.39 is 6.10 Å². The molecule has 5 nitrogen and oxygen atoms in total. The van der Waals surface area contributed by atoms with E-state index in [4.69, 9.17) is 9.47 Å². The van der Waals surface area contributed by atoms with Gasteiger partial charge in [-0.3, -0.25) is 0 Å². The van der Waals surface area contributed by atoms with Crippen LogP contribution < -0.4 is 9.47 Å². The van der Waals surface area contributed by atoms with E-state index in [2.05, 4.69) is 0 Å². The summed E-state index contributed by atoms with van der Waals surface area (Å²) >= 11 is 0. The monoisotopic (exact) mass is 332 g/mol. The van der Waals surface area contributed by atoms with Crippen LogP contribution in [0.1, 0.15) is 22.3 Å². The quantitative estimate of drug-likeness (QED) is 0.690. The van der Waals surface area contributed by atoms with Crippen LogP contribution in [0.3, 0.4) is 0 Å². The van der Waals surface area contributed by atoms with Crippen LogP contribution in [0.5, 0.6) is 11.5 Å². The first-order valence-electron chi connectivity index (χ1n) is 7.88. The van der Waals surface area contributed by atoms with Crippen LogP contribution in [-0.2, 0) is 13.2 Å². The van der Waals surface area contributed by atoms with Gasteiger partial charge in [-0.05, 0) is 25.5 Å². The van der Waals surface area contributed by atoms with E-state index in [9.17, 15) is 15.3 Å². The average molecular weight is 332 g/mol. The Morgan fingerprint density at radius 1 is 0.917 bits per heavy atom. The van der Waals surface area contributed by atoms with Crippen LogP contribution in [0.4, 0.5) is 0 Å². The second kappa shape index (κ2) is 8.68. The molecular formula is C19H24O5. The first-order valence-corrected chi connectivity index (χ1v) is 7.88. The highest BCUT2D eigenvalue weighted by atomic mass is 16.5. The largest absolute Gasteiger partial charge is 0.490 e. The van der Waals surface area contributed by atoms with Gasteiger partial charge in [0.05, 0.1) is 13.2 Å². The minimum atomic E-state index is -0.830. The fourth-order valence-electron chi connectivity index (χ4n) is 2.48. The van der Waals surface area contributed by atoms with Gasteiger partial charge < -0.3 is 24.8 Å². The van der Waals surface area contributed by atoms with Crippen molar-refractivity contribution in [3.63, 3.8) is 0 Å². The van der Waals surface area contributed by atoms with Crippen molar-refractivity contribution in [2.45, 2.75) is 33.2 Å². The molecule has 0 spiro atoms. The summed E-state index contributed by atoms with van der Waals surface area (Å²) in [6.07, 6.45) is -0.830. The van der Waals surface area contributed by atoms with Crippen LogP contribution in [0.15, 0.2) is 36.4 Å². The topological polar surface area (TPSA) is 79.2 Å². The van der Waals surface area contributed by atoms with Crippen LogP contribution in [0, 0.1) is 13.8 Å². The molecule has 0 radical (unpaired) electrons. The summed E-state index contributed by atoms with van der Waals surface area (Å²) in [5.41, 5.74) is 3.10. The van der Waals surface area contributed by atoms with Gasteiger partial charge in [-0.15, -0.1) is 0 Å². The molecule has 1 unspecified atom stereocenters. The number of para-hydroxylation sites is 1. The van der Waals surface area contributed by atoms with Crippen molar-refractivity contribution in [3.05, 3.63) is 58.7 Å². The summed E-state index contributed by atoms with van der Waals surface area (Å²) in [6.45, 7) is 3.53. The van der Waals surface area contributed by atoms with Gasteiger partial charge in [0.1, 0.15) is 30.8 Å². The molecule has 2 aromatic carbocycles. The van der Waals surface area contributed by atoms with E-state index in [1.807, 2.05) is 38.1 Å². The molecule has 0 aliphatic carbocycles. The van der Waals surface area contributed by atoms with E-state index in [-0.39, 0.29) is 26.4 Å². The molecule has 0 amide bonds. The van der Waals surface area contributed by atoms with Crippen molar-refractivity contribution in [2.75, 3.05) is 13.2 Å². The third-order valence-electron chi connectivity index (χ3n) is 3.67. The number of ether oxygens (including phenoxy) is 2. The lowest BCUT2D eigenvalue weighted by molar-refractivity contribution is 0.0607. The Hall–Kier alpha value is -2.08. The zero-order valence-electron chi connectivity index (χ0n) is 14.0. The van der Waals surface area contributed by atoms with Crippen LogP contribution in [-0.4, -0.2) is 34.6 Å².